The van der Waals surface area contributed by atoms with E-state index in [9.17, 15) is 0 Å². The van der Waals surface area contributed by atoms with Crippen LogP contribution in [-0.4, -0.2) is 0 Å². The maximum Gasteiger partial charge on any atom is 0.0525 e. The predicted molar refractivity (Wildman–Crippen MR) is 299 cm³/mol. The van der Waals surface area contributed by atoms with Crippen LogP contribution in [0, 0.1) is 5.92 Å². The summed E-state index contributed by atoms with van der Waals surface area (Å²) in [5.41, 5.74) is 22.1. The molecule has 71 heavy (non-hydrogen) atoms. The Morgan fingerprint density at radius 2 is 0.887 bits per heavy atom. The Kier molecular flexibility index (Phi) is 10.8. The molecule has 1 spiro atoms. The number of allylic oxidation sites excluding steroid dienone is 4. The zero-order valence-corrected chi connectivity index (χ0v) is 39.9. The normalized spacial score (nSPS) is 17.8. The van der Waals surface area contributed by atoms with Crippen molar-refractivity contribution >= 4 is 46.9 Å². The lowest BCUT2D eigenvalue weighted by Crippen LogP contribution is -2.35. The monoisotopic (exact) mass is 909 g/mol. The Morgan fingerprint density at radius 1 is 0.408 bits per heavy atom. The molecule has 0 amide bonds. The summed E-state index contributed by atoms with van der Waals surface area (Å²) in [4.78, 5) is 2.40. The third-order valence-electron chi connectivity index (χ3n) is 16.2. The van der Waals surface area contributed by atoms with Gasteiger partial charge in [-0.2, -0.15) is 0 Å². The van der Waals surface area contributed by atoms with E-state index in [1.54, 1.807) is 0 Å². The number of nitrogens with zero attached hydrogens (tertiary/aromatic N) is 1. The second-order valence-electron chi connectivity index (χ2n) is 19.9. The van der Waals surface area contributed by atoms with E-state index >= 15 is 0 Å². The number of anilines is 3. The quantitative estimate of drug-likeness (QED) is 0.124. The smallest absolute Gasteiger partial charge is 0.0525 e. The summed E-state index contributed by atoms with van der Waals surface area (Å²) >= 11 is 0. The molecule has 2 atom stereocenters. The summed E-state index contributed by atoms with van der Waals surface area (Å²) in [6, 6.07) is 85.5. The Hall–Kier alpha value is -8.26. The van der Waals surface area contributed by atoms with Crippen molar-refractivity contribution in [1.82, 2.24) is 0 Å². The Morgan fingerprint density at radius 3 is 1.48 bits per heavy atom. The molecule has 13 rings (SSSR count). The Labute approximate surface area is 419 Å². The van der Waals surface area contributed by atoms with Crippen molar-refractivity contribution in [3.05, 3.63) is 310 Å². The first-order valence-electron chi connectivity index (χ1n) is 25.5. The van der Waals surface area contributed by atoms with Crippen molar-refractivity contribution in [3.8, 4) is 11.1 Å². The molecule has 1 fully saturated rings. The van der Waals surface area contributed by atoms with E-state index in [0.717, 1.165) is 0 Å². The molecule has 0 aliphatic heterocycles. The zero-order chi connectivity index (χ0) is 47.2. The average molecular weight is 910 g/mol. The molecule has 4 aliphatic carbocycles. The van der Waals surface area contributed by atoms with Crippen LogP contribution in [0.25, 0.3) is 41.0 Å². The van der Waals surface area contributed by atoms with Gasteiger partial charge in [-0.25, -0.2) is 0 Å². The van der Waals surface area contributed by atoms with Gasteiger partial charge in [0.2, 0.25) is 0 Å². The van der Waals surface area contributed by atoms with Crippen LogP contribution in [0.1, 0.15) is 92.8 Å². The summed E-state index contributed by atoms with van der Waals surface area (Å²) in [5.74, 6) is 0.477. The van der Waals surface area contributed by atoms with Gasteiger partial charge in [-0.1, -0.05) is 249 Å². The van der Waals surface area contributed by atoms with Gasteiger partial charge in [0.05, 0.1) is 5.41 Å². The average Bonchev–Trinajstić information content (AvgIpc) is 4.14. The molecule has 0 N–H and O–H groups in total. The van der Waals surface area contributed by atoms with Crippen molar-refractivity contribution in [1.29, 1.82) is 0 Å². The lowest BCUT2D eigenvalue weighted by atomic mass is 9.62. The Bertz CT molecular complexity index is 3420. The van der Waals surface area contributed by atoms with Crippen molar-refractivity contribution in [3.63, 3.8) is 0 Å². The highest BCUT2D eigenvalue weighted by Gasteiger charge is 2.54. The van der Waals surface area contributed by atoms with Gasteiger partial charge in [0.25, 0.3) is 0 Å². The second kappa shape index (κ2) is 17.9. The lowest BCUT2D eigenvalue weighted by molar-refractivity contribution is 0.462. The molecule has 340 valence electrons. The van der Waals surface area contributed by atoms with Crippen molar-refractivity contribution in [2.75, 3.05) is 4.90 Å². The topological polar surface area (TPSA) is 3.24 Å². The summed E-state index contributed by atoms with van der Waals surface area (Å²) in [7, 11) is 0. The molecule has 1 nitrogen and oxygen atoms in total. The maximum atomic E-state index is 2.50. The molecule has 4 aliphatic rings. The fourth-order valence-corrected chi connectivity index (χ4v) is 13.0. The molecule has 0 aromatic heterocycles. The van der Waals surface area contributed by atoms with Gasteiger partial charge < -0.3 is 4.90 Å². The van der Waals surface area contributed by atoms with E-state index in [1.165, 1.54) is 121 Å². The Balaban J connectivity index is 0.724. The molecule has 2 unspecified atom stereocenters. The van der Waals surface area contributed by atoms with Gasteiger partial charge in [-0.15, -0.1) is 0 Å². The van der Waals surface area contributed by atoms with Crippen LogP contribution < -0.4 is 4.90 Å². The molecule has 1 heteroatoms. The fraction of sp³-hybridized carbons (Fsp3) is 0.114. The van der Waals surface area contributed by atoms with Crippen LogP contribution in [-0.2, 0) is 10.8 Å². The van der Waals surface area contributed by atoms with E-state index in [-0.39, 0.29) is 22.7 Å². The molecule has 0 radical (unpaired) electrons. The van der Waals surface area contributed by atoms with Gasteiger partial charge >= 0.3 is 0 Å². The van der Waals surface area contributed by atoms with Gasteiger partial charge in [0, 0.05) is 34.3 Å². The first-order chi connectivity index (χ1) is 35.2. The van der Waals surface area contributed by atoms with Crippen LogP contribution >= 0.6 is 0 Å². The third-order valence-corrected chi connectivity index (χ3v) is 16.2. The van der Waals surface area contributed by atoms with Crippen LogP contribution in [0.4, 0.5) is 17.1 Å². The minimum absolute atomic E-state index is 0.0474. The number of hydrogen-bond donors (Lipinski definition) is 0. The largest absolute Gasteiger partial charge is 0.310 e. The van der Waals surface area contributed by atoms with Crippen molar-refractivity contribution in [2.24, 2.45) is 5.92 Å². The molecule has 0 bridgehead atoms. The summed E-state index contributed by atoms with van der Waals surface area (Å²) < 4.78 is 0. The van der Waals surface area contributed by atoms with E-state index in [0.29, 0.717) is 0 Å². The summed E-state index contributed by atoms with van der Waals surface area (Å²) in [5, 5.41) is 0. The van der Waals surface area contributed by atoms with Crippen molar-refractivity contribution in [2.45, 2.75) is 42.4 Å². The van der Waals surface area contributed by atoms with Crippen molar-refractivity contribution < 1.29 is 0 Å². The van der Waals surface area contributed by atoms with Crippen LogP contribution in [0.5, 0.6) is 0 Å². The maximum absolute atomic E-state index is 2.50. The number of rotatable bonds is 10. The highest BCUT2D eigenvalue weighted by atomic mass is 15.1. The second-order valence-corrected chi connectivity index (χ2v) is 19.9. The van der Waals surface area contributed by atoms with Crippen LogP contribution in [0.3, 0.4) is 0 Å². The first-order valence-corrected chi connectivity index (χ1v) is 25.5. The number of fused-ring (bicyclic) bond motifs is 8. The molecule has 0 saturated heterocycles. The van der Waals surface area contributed by atoms with Gasteiger partial charge in [0.1, 0.15) is 0 Å². The minimum atomic E-state index is -0.289. The molecule has 1 saturated carbocycles. The molecular formula is C70H55N. The first kappa shape index (κ1) is 42.8. The third kappa shape index (κ3) is 7.30. The standard InChI is InChI=1S/C70H55N/c1-5-18-55(19-6-1)70(56-20-7-2-8-21-56)64-28-14-13-26-63(64)68-60(27-17-29-65(68)70)54-41-38-52(39-42-54)35-34-50-30-32-51(33-31-50)36-37-53-40-44-61-62-45-43-59(49-67(62)69(66(61)48-53)46-15-16-47-69)71(57-22-9-3-10-23-57)58-24-11-4-12-25-58/h1-14,17-45,48-49,65,68H,15-16,46-47H2/b35-34+,37-36+. The highest BCUT2D eigenvalue weighted by Crippen LogP contribution is 2.63. The zero-order valence-electron chi connectivity index (χ0n) is 39.9. The summed E-state index contributed by atoms with van der Waals surface area (Å²) in [6.45, 7) is 0. The molecule has 0 heterocycles. The van der Waals surface area contributed by atoms with Crippen LogP contribution in [0.15, 0.2) is 249 Å². The lowest BCUT2D eigenvalue weighted by Gasteiger charge is -2.40. The SMILES string of the molecule is C1=CC2C(C(c3ccc(/C=C/c4ccc(/C=C/c5ccc6c(c5)C5(CCCC5)c5cc(N(c7ccccc7)c7ccccc7)ccc5-6)cc4)cc3)=C1)c1ccccc1C2(c1ccccc1)c1ccccc1. The molecule has 9 aromatic rings. The minimum Gasteiger partial charge on any atom is -0.310 e. The van der Waals surface area contributed by atoms with Gasteiger partial charge in [-0.3, -0.25) is 0 Å². The number of benzene rings is 9. The van der Waals surface area contributed by atoms with Gasteiger partial charge in [-0.05, 0) is 127 Å². The number of para-hydroxylation sites is 2. The summed E-state index contributed by atoms with van der Waals surface area (Å²) in [6.07, 6.45) is 21.0. The van der Waals surface area contributed by atoms with E-state index in [2.05, 4.69) is 278 Å². The number of hydrogen-bond acceptors (Lipinski definition) is 1. The van der Waals surface area contributed by atoms with E-state index < -0.39 is 0 Å². The van der Waals surface area contributed by atoms with E-state index in [4.69, 9.17) is 0 Å². The molecular weight excluding hydrogens is 855 g/mol. The van der Waals surface area contributed by atoms with E-state index in [1.807, 2.05) is 0 Å². The molecule has 9 aromatic carbocycles. The van der Waals surface area contributed by atoms with Gasteiger partial charge in [0.15, 0.2) is 0 Å². The van der Waals surface area contributed by atoms with Crippen LogP contribution in [0.2, 0.25) is 0 Å². The fourth-order valence-electron chi connectivity index (χ4n) is 13.0. The predicted octanol–water partition coefficient (Wildman–Crippen LogP) is 18.0. The highest BCUT2D eigenvalue weighted by molar-refractivity contribution is 5.88.